The number of aromatic nitrogens is 2. The van der Waals surface area contributed by atoms with Gasteiger partial charge in [-0.3, -0.25) is 4.68 Å². The molecular weight excluding hydrogens is 264 g/mol. The maximum absolute atomic E-state index is 10.8. The van der Waals surface area contributed by atoms with Gasteiger partial charge in [-0.05, 0) is 33.6 Å². The van der Waals surface area contributed by atoms with Gasteiger partial charge in [0.15, 0.2) is 0 Å². The SMILES string of the molecule is CC1OC(C)C(C(O)c2c(Cl)cnn2C(C)C)C1C. The minimum Gasteiger partial charge on any atom is -0.386 e. The van der Waals surface area contributed by atoms with Gasteiger partial charge in [0, 0.05) is 12.0 Å². The first-order chi connectivity index (χ1) is 8.84. The molecule has 5 heteroatoms. The van der Waals surface area contributed by atoms with Crippen LogP contribution in [0.2, 0.25) is 5.02 Å². The van der Waals surface area contributed by atoms with E-state index < -0.39 is 6.10 Å². The number of ether oxygens (including phenoxy) is 1. The maximum Gasteiger partial charge on any atom is 0.103 e. The van der Waals surface area contributed by atoms with Gasteiger partial charge in [-0.2, -0.15) is 5.10 Å². The highest BCUT2D eigenvalue weighted by Gasteiger charge is 2.43. The molecule has 4 nitrogen and oxygen atoms in total. The molecule has 0 saturated carbocycles. The number of halogens is 1. The zero-order valence-corrected chi connectivity index (χ0v) is 12.9. The molecule has 0 amide bonds. The van der Waals surface area contributed by atoms with Gasteiger partial charge in [0.2, 0.25) is 0 Å². The number of aliphatic hydroxyl groups is 1. The van der Waals surface area contributed by atoms with Crippen LogP contribution < -0.4 is 0 Å². The molecule has 1 N–H and O–H groups in total. The van der Waals surface area contributed by atoms with Gasteiger partial charge in [0.05, 0.1) is 29.1 Å². The lowest BCUT2D eigenvalue weighted by Gasteiger charge is -2.26. The Balaban J connectivity index is 2.34. The summed E-state index contributed by atoms with van der Waals surface area (Å²) in [5, 5.41) is 15.5. The van der Waals surface area contributed by atoms with Crippen molar-refractivity contribution in [2.45, 2.75) is 59.0 Å². The average Bonchev–Trinajstić information content (AvgIpc) is 2.81. The second-order valence-corrected chi connectivity index (χ2v) is 6.25. The highest BCUT2D eigenvalue weighted by atomic mass is 35.5. The average molecular weight is 287 g/mol. The van der Waals surface area contributed by atoms with Crippen LogP contribution in [0.3, 0.4) is 0 Å². The van der Waals surface area contributed by atoms with E-state index in [9.17, 15) is 5.11 Å². The van der Waals surface area contributed by atoms with Crippen LogP contribution in [0.5, 0.6) is 0 Å². The fraction of sp³-hybridized carbons (Fsp3) is 0.786. The van der Waals surface area contributed by atoms with Gasteiger partial charge < -0.3 is 9.84 Å². The van der Waals surface area contributed by atoms with Crippen LogP contribution in [0.15, 0.2) is 6.20 Å². The lowest BCUT2D eigenvalue weighted by molar-refractivity contribution is 0.0199. The molecule has 0 aliphatic carbocycles. The predicted molar refractivity (Wildman–Crippen MR) is 75.2 cm³/mol. The van der Waals surface area contributed by atoms with Crippen molar-refractivity contribution in [1.29, 1.82) is 0 Å². The second kappa shape index (κ2) is 5.43. The Morgan fingerprint density at radius 3 is 2.42 bits per heavy atom. The molecule has 0 bridgehead atoms. The van der Waals surface area contributed by atoms with E-state index in [0.717, 1.165) is 0 Å². The molecule has 0 spiro atoms. The molecule has 1 aromatic heterocycles. The van der Waals surface area contributed by atoms with Crippen LogP contribution in [0.1, 0.15) is 52.5 Å². The third-order valence-corrected chi connectivity index (χ3v) is 4.53. The second-order valence-electron chi connectivity index (χ2n) is 5.84. The van der Waals surface area contributed by atoms with Crippen molar-refractivity contribution in [3.63, 3.8) is 0 Å². The largest absolute Gasteiger partial charge is 0.386 e. The monoisotopic (exact) mass is 286 g/mol. The van der Waals surface area contributed by atoms with Gasteiger partial charge in [-0.25, -0.2) is 0 Å². The summed E-state index contributed by atoms with van der Waals surface area (Å²) in [4.78, 5) is 0. The Hall–Kier alpha value is -0.580. The molecule has 19 heavy (non-hydrogen) atoms. The van der Waals surface area contributed by atoms with Crippen LogP contribution in [0, 0.1) is 11.8 Å². The molecule has 1 aliphatic rings. The Morgan fingerprint density at radius 2 is 1.95 bits per heavy atom. The van der Waals surface area contributed by atoms with Crippen LogP contribution in [0.25, 0.3) is 0 Å². The van der Waals surface area contributed by atoms with Gasteiger partial charge >= 0.3 is 0 Å². The quantitative estimate of drug-likeness (QED) is 0.928. The van der Waals surface area contributed by atoms with E-state index in [4.69, 9.17) is 16.3 Å². The van der Waals surface area contributed by atoms with Crippen molar-refractivity contribution < 1.29 is 9.84 Å². The molecule has 1 saturated heterocycles. The Labute approximate surface area is 119 Å². The maximum atomic E-state index is 10.8. The standard InChI is InChI=1S/C14H23ClN2O2/c1-7(2)17-13(11(15)6-16-17)14(18)12-8(3)9(4)19-10(12)5/h6-10,12,14,18H,1-5H3. The highest BCUT2D eigenvalue weighted by molar-refractivity contribution is 6.31. The smallest absolute Gasteiger partial charge is 0.103 e. The lowest BCUT2D eigenvalue weighted by Crippen LogP contribution is -2.27. The van der Waals surface area contributed by atoms with E-state index in [-0.39, 0.29) is 30.1 Å². The topological polar surface area (TPSA) is 47.3 Å². The van der Waals surface area contributed by atoms with Gasteiger partial charge in [-0.1, -0.05) is 18.5 Å². The van der Waals surface area contributed by atoms with Crippen LogP contribution >= 0.6 is 11.6 Å². The molecule has 0 aromatic carbocycles. The first kappa shape index (κ1) is 14.8. The first-order valence-electron chi connectivity index (χ1n) is 6.91. The molecule has 1 aromatic rings. The van der Waals surface area contributed by atoms with E-state index in [1.54, 1.807) is 10.9 Å². The summed E-state index contributed by atoms with van der Waals surface area (Å²) in [5.41, 5.74) is 0.707. The van der Waals surface area contributed by atoms with Gasteiger partial charge in [0.25, 0.3) is 0 Å². The van der Waals surface area contributed by atoms with E-state index >= 15 is 0 Å². The van der Waals surface area contributed by atoms with E-state index in [2.05, 4.69) is 18.9 Å². The summed E-state index contributed by atoms with van der Waals surface area (Å²) in [6.45, 7) is 10.2. The Kier molecular flexibility index (Phi) is 4.23. The fourth-order valence-corrected chi connectivity index (χ4v) is 3.30. The number of hydrogen-bond acceptors (Lipinski definition) is 3. The zero-order chi connectivity index (χ0) is 14.3. The Morgan fingerprint density at radius 1 is 1.32 bits per heavy atom. The summed E-state index contributed by atoms with van der Waals surface area (Å²) in [6, 6.07) is 0.169. The number of rotatable bonds is 3. The van der Waals surface area contributed by atoms with Crippen molar-refractivity contribution in [1.82, 2.24) is 9.78 Å². The number of aliphatic hydroxyl groups excluding tert-OH is 1. The minimum atomic E-state index is -0.646. The van der Waals surface area contributed by atoms with Crippen LogP contribution in [-0.2, 0) is 4.74 Å². The van der Waals surface area contributed by atoms with Gasteiger partial charge in [0.1, 0.15) is 6.10 Å². The molecule has 2 rings (SSSR count). The third-order valence-electron chi connectivity index (χ3n) is 4.24. The molecule has 0 radical (unpaired) electrons. The van der Waals surface area contributed by atoms with Crippen molar-refractivity contribution in [3.8, 4) is 0 Å². The minimum absolute atomic E-state index is 0.0200. The zero-order valence-electron chi connectivity index (χ0n) is 12.2. The fourth-order valence-electron chi connectivity index (χ4n) is 3.06. The van der Waals surface area contributed by atoms with E-state index in [1.165, 1.54) is 0 Å². The van der Waals surface area contributed by atoms with E-state index in [0.29, 0.717) is 10.7 Å². The molecule has 5 unspecified atom stereocenters. The van der Waals surface area contributed by atoms with Crippen LogP contribution in [0.4, 0.5) is 0 Å². The lowest BCUT2D eigenvalue weighted by atomic mass is 9.83. The first-order valence-corrected chi connectivity index (χ1v) is 7.28. The normalized spacial score (nSPS) is 33.1. The van der Waals surface area contributed by atoms with Gasteiger partial charge in [-0.15, -0.1) is 0 Å². The van der Waals surface area contributed by atoms with Crippen LogP contribution in [-0.4, -0.2) is 27.1 Å². The van der Waals surface area contributed by atoms with E-state index in [1.807, 2.05) is 20.8 Å². The molecule has 1 aliphatic heterocycles. The molecular formula is C14H23ClN2O2. The highest BCUT2D eigenvalue weighted by Crippen LogP contribution is 2.42. The summed E-state index contributed by atoms with van der Waals surface area (Å²) in [7, 11) is 0. The molecule has 2 heterocycles. The summed E-state index contributed by atoms with van der Waals surface area (Å²) in [5.74, 6) is 0.332. The summed E-state index contributed by atoms with van der Waals surface area (Å²) in [6.07, 6.45) is 1.14. The van der Waals surface area contributed by atoms with Crippen molar-refractivity contribution in [2.75, 3.05) is 0 Å². The molecule has 1 fully saturated rings. The summed E-state index contributed by atoms with van der Waals surface area (Å²) < 4.78 is 7.61. The molecule has 5 atom stereocenters. The van der Waals surface area contributed by atoms with Crippen molar-refractivity contribution in [2.24, 2.45) is 11.8 Å². The summed E-state index contributed by atoms with van der Waals surface area (Å²) >= 11 is 6.21. The predicted octanol–water partition coefficient (Wildman–Crippen LogP) is 3.21. The number of nitrogens with zero attached hydrogens (tertiary/aromatic N) is 2. The number of hydrogen-bond donors (Lipinski definition) is 1. The Bertz CT molecular complexity index is 447. The van der Waals surface area contributed by atoms with Crippen molar-refractivity contribution in [3.05, 3.63) is 16.9 Å². The van der Waals surface area contributed by atoms with Crippen molar-refractivity contribution >= 4 is 11.6 Å². The third kappa shape index (κ3) is 2.54. The molecule has 108 valence electrons.